The van der Waals surface area contributed by atoms with E-state index in [1.807, 2.05) is 0 Å². The van der Waals surface area contributed by atoms with E-state index in [-0.39, 0.29) is 0 Å². The van der Waals surface area contributed by atoms with E-state index in [1.165, 1.54) is 37.8 Å². The van der Waals surface area contributed by atoms with E-state index >= 15 is 0 Å². The fraction of sp³-hybridized carbons (Fsp3) is 0.615. The summed E-state index contributed by atoms with van der Waals surface area (Å²) in [5.74, 6) is 0. The summed E-state index contributed by atoms with van der Waals surface area (Å²) in [6, 6.07) is 4.74. The fourth-order valence-electron chi connectivity index (χ4n) is 2.33. The first-order chi connectivity index (χ1) is 8.25. The fourth-order valence-corrected chi connectivity index (χ4v) is 2.57. The molecule has 2 rings (SSSR count). The molecule has 1 aromatic heterocycles. The molecule has 1 heterocycles. The minimum atomic E-state index is 0.581. The summed E-state index contributed by atoms with van der Waals surface area (Å²) in [6.07, 6.45) is 8.60. The number of nitrogens with one attached hydrogen (secondary N) is 2. The van der Waals surface area contributed by atoms with Crippen LogP contribution in [0.25, 0.3) is 0 Å². The maximum atomic E-state index is 5.32. The van der Waals surface area contributed by atoms with Gasteiger partial charge in [-0.3, -0.25) is 0 Å². The molecular weight excluding hydrogens is 230 g/mol. The molecule has 0 aliphatic heterocycles. The highest BCUT2D eigenvalue weighted by Gasteiger charge is 2.13. The van der Waals surface area contributed by atoms with Gasteiger partial charge in [-0.2, -0.15) is 0 Å². The molecule has 0 unspecified atom stereocenters. The van der Waals surface area contributed by atoms with Crippen molar-refractivity contribution in [3.63, 3.8) is 0 Å². The highest BCUT2D eigenvalue weighted by molar-refractivity contribution is 7.80. The second kappa shape index (κ2) is 6.05. The number of aryl methyl sites for hydroxylation is 1. The molecule has 1 aliphatic carbocycles. The Morgan fingerprint density at radius 3 is 2.82 bits per heavy atom. The van der Waals surface area contributed by atoms with Crippen molar-refractivity contribution in [2.24, 2.45) is 7.05 Å². The van der Waals surface area contributed by atoms with Crippen LogP contribution in [0.5, 0.6) is 0 Å². The van der Waals surface area contributed by atoms with Crippen LogP contribution in [0.15, 0.2) is 18.3 Å². The quantitative estimate of drug-likeness (QED) is 0.808. The van der Waals surface area contributed by atoms with E-state index in [0.717, 1.165) is 11.7 Å². The van der Waals surface area contributed by atoms with Crippen LogP contribution >= 0.6 is 12.2 Å². The van der Waals surface area contributed by atoms with Gasteiger partial charge in [-0.05, 0) is 37.2 Å². The van der Waals surface area contributed by atoms with Crippen molar-refractivity contribution in [3.05, 3.63) is 24.0 Å². The van der Waals surface area contributed by atoms with Gasteiger partial charge in [0.15, 0.2) is 5.11 Å². The lowest BCUT2D eigenvalue weighted by atomic mass is 9.96. The largest absolute Gasteiger partial charge is 0.360 e. The lowest BCUT2D eigenvalue weighted by Gasteiger charge is -2.24. The molecule has 4 heteroatoms. The third kappa shape index (κ3) is 3.73. The molecule has 0 aromatic carbocycles. The van der Waals surface area contributed by atoms with Crippen molar-refractivity contribution in [1.82, 2.24) is 15.2 Å². The van der Waals surface area contributed by atoms with Gasteiger partial charge < -0.3 is 15.2 Å². The molecule has 0 radical (unpaired) electrons. The summed E-state index contributed by atoms with van der Waals surface area (Å²) in [5.41, 5.74) is 1.25. The molecule has 1 saturated carbocycles. The monoisotopic (exact) mass is 251 g/mol. The van der Waals surface area contributed by atoms with E-state index in [2.05, 4.69) is 40.6 Å². The summed E-state index contributed by atoms with van der Waals surface area (Å²) in [6.45, 7) is 0.794. The molecule has 0 bridgehead atoms. The zero-order valence-electron chi connectivity index (χ0n) is 10.4. The molecule has 0 spiro atoms. The van der Waals surface area contributed by atoms with Crippen molar-refractivity contribution in [2.75, 3.05) is 0 Å². The molecule has 94 valence electrons. The van der Waals surface area contributed by atoms with E-state index in [1.54, 1.807) is 0 Å². The van der Waals surface area contributed by atoms with Gasteiger partial charge in [-0.1, -0.05) is 19.3 Å². The SMILES string of the molecule is Cn1cccc1CNC(=S)NC1CCCCC1. The van der Waals surface area contributed by atoms with E-state index in [9.17, 15) is 0 Å². The zero-order chi connectivity index (χ0) is 12.1. The maximum Gasteiger partial charge on any atom is 0.166 e. The van der Waals surface area contributed by atoms with E-state index < -0.39 is 0 Å². The molecule has 2 N–H and O–H groups in total. The number of aromatic nitrogens is 1. The van der Waals surface area contributed by atoms with Crippen LogP contribution in [0.2, 0.25) is 0 Å². The molecule has 1 aliphatic rings. The molecule has 1 fully saturated rings. The first-order valence-electron chi connectivity index (χ1n) is 6.40. The highest BCUT2D eigenvalue weighted by atomic mass is 32.1. The Morgan fingerprint density at radius 2 is 2.18 bits per heavy atom. The van der Waals surface area contributed by atoms with Crippen molar-refractivity contribution in [3.8, 4) is 0 Å². The molecule has 0 atom stereocenters. The molecule has 17 heavy (non-hydrogen) atoms. The molecular formula is C13H21N3S. The topological polar surface area (TPSA) is 29.0 Å². The summed E-state index contributed by atoms with van der Waals surface area (Å²) in [5, 5.41) is 7.47. The van der Waals surface area contributed by atoms with Crippen LogP contribution in [0.4, 0.5) is 0 Å². The maximum absolute atomic E-state index is 5.32. The summed E-state index contributed by atoms with van der Waals surface area (Å²) < 4.78 is 2.11. The predicted octanol–water partition coefficient (Wildman–Crippen LogP) is 2.32. The molecule has 0 amide bonds. The molecule has 1 aromatic rings. The van der Waals surface area contributed by atoms with Gasteiger partial charge in [0.25, 0.3) is 0 Å². The first-order valence-corrected chi connectivity index (χ1v) is 6.81. The van der Waals surface area contributed by atoms with Gasteiger partial charge in [0.2, 0.25) is 0 Å². The first kappa shape index (κ1) is 12.4. The Labute approximate surface area is 109 Å². The van der Waals surface area contributed by atoms with Gasteiger partial charge >= 0.3 is 0 Å². The minimum Gasteiger partial charge on any atom is -0.360 e. The third-order valence-corrected chi connectivity index (χ3v) is 3.68. The smallest absolute Gasteiger partial charge is 0.166 e. The second-order valence-corrected chi connectivity index (χ2v) is 5.18. The third-order valence-electron chi connectivity index (χ3n) is 3.42. The Hall–Kier alpha value is -1.03. The summed E-state index contributed by atoms with van der Waals surface area (Å²) in [7, 11) is 2.05. The second-order valence-electron chi connectivity index (χ2n) is 4.77. The Morgan fingerprint density at radius 1 is 1.41 bits per heavy atom. The van der Waals surface area contributed by atoms with Crippen LogP contribution in [0.3, 0.4) is 0 Å². The van der Waals surface area contributed by atoms with Gasteiger partial charge in [-0.15, -0.1) is 0 Å². The Kier molecular flexibility index (Phi) is 4.42. The highest BCUT2D eigenvalue weighted by Crippen LogP contribution is 2.17. The lowest BCUT2D eigenvalue weighted by Crippen LogP contribution is -2.42. The van der Waals surface area contributed by atoms with Crippen molar-refractivity contribution >= 4 is 17.3 Å². The Balaban J connectivity index is 1.72. The number of hydrogen-bond acceptors (Lipinski definition) is 1. The van der Waals surface area contributed by atoms with Crippen LogP contribution < -0.4 is 10.6 Å². The van der Waals surface area contributed by atoms with E-state index in [0.29, 0.717) is 6.04 Å². The zero-order valence-corrected chi connectivity index (χ0v) is 11.2. The standard InChI is InChI=1S/C13H21N3S/c1-16-9-5-8-12(16)10-14-13(17)15-11-6-3-2-4-7-11/h5,8-9,11H,2-4,6-7,10H2,1H3,(H2,14,15,17). The van der Waals surface area contributed by atoms with Crippen molar-refractivity contribution in [2.45, 2.75) is 44.7 Å². The average molecular weight is 251 g/mol. The number of hydrogen-bond donors (Lipinski definition) is 2. The normalized spacial score (nSPS) is 16.8. The van der Waals surface area contributed by atoms with Gasteiger partial charge in [0.1, 0.15) is 0 Å². The van der Waals surface area contributed by atoms with E-state index in [4.69, 9.17) is 12.2 Å². The number of rotatable bonds is 3. The molecule has 3 nitrogen and oxygen atoms in total. The van der Waals surface area contributed by atoms with Crippen LogP contribution in [0, 0.1) is 0 Å². The van der Waals surface area contributed by atoms with Crippen LogP contribution in [-0.2, 0) is 13.6 Å². The average Bonchev–Trinajstić information content (AvgIpc) is 2.74. The summed E-state index contributed by atoms with van der Waals surface area (Å²) >= 11 is 5.32. The number of thiocarbonyl (C=S) groups is 1. The lowest BCUT2D eigenvalue weighted by molar-refractivity contribution is 0.412. The number of nitrogens with zero attached hydrogens (tertiary/aromatic N) is 1. The van der Waals surface area contributed by atoms with Gasteiger partial charge in [0, 0.05) is 25.0 Å². The van der Waals surface area contributed by atoms with Crippen LogP contribution in [0.1, 0.15) is 37.8 Å². The van der Waals surface area contributed by atoms with Gasteiger partial charge in [-0.25, -0.2) is 0 Å². The Bertz CT molecular complexity index is 366. The minimum absolute atomic E-state index is 0.581. The van der Waals surface area contributed by atoms with Crippen molar-refractivity contribution in [1.29, 1.82) is 0 Å². The van der Waals surface area contributed by atoms with Crippen molar-refractivity contribution < 1.29 is 0 Å². The predicted molar refractivity (Wildman–Crippen MR) is 74.9 cm³/mol. The van der Waals surface area contributed by atoms with Gasteiger partial charge in [0.05, 0.1) is 6.54 Å². The summed E-state index contributed by atoms with van der Waals surface area (Å²) in [4.78, 5) is 0. The molecule has 0 saturated heterocycles. The van der Waals surface area contributed by atoms with Crippen LogP contribution in [-0.4, -0.2) is 15.7 Å².